The quantitative estimate of drug-likeness (QED) is 0.828. The first-order valence-corrected chi connectivity index (χ1v) is 6.26. The number of hydrogen-bond donors (Lipinski definition) is 1. The highest BCUT2D eigenvalue weighted by Gasteiger charge is 2.27. The summed E-state index contributed by atoms with van der Waals surface area (Å²) in [6.07, 6.45) is 3.81. The number of nitrogens with zero attached hydrogens (tertiary/aromatic N) is 3. The van der Waals surface area contributed by atoms with Gasteiger partial charge in [-0.05, 0) is 38.0 Å². The molecule has 0 saturated heterocycles. The summed E-state index contributed by atoms with van der Waals surface area (Å²) in [6, 6.07) is 0.404. The van der Waals surface area contributed by atoms with Gasteiger partial charge in [-0.1, -0.05) is 19.1 Å². The lowest BCUT2D eigenvalue weighted by atomic mass is 10.1. The molecule has 2 rings (SSSR count). The van der Waals surface area contributed by atoms with Crippen molar-refractivity contribution in [2.75, 3.05) is 0 Å². The Morgan fingerprint density at radius 1 is 1.38 bits per heavy atom. The molecule has 4 heteroatoms. The summed E-state index contributed by atoms with van der Waals surface area (Å²) in [5.74, 6) is 1.42. The molecule has 0 aliphatic heterocycles. The second-order valence-corrected chi connectivity index (χ2v) is 5.26. The summed E-state index contributed by atoms with van der Waals surface area (Å²) >= 11 is 0. The van der Waals surface area contributed by atoms with Crippen molar-refractivity contribution in [3.63, 3.8) is 0 Å². The lowest BCUT2D eigenvalue weighted by Crippen LogP contribution is -2.17. The molecule has 1 aliphatic rings. The van der Waals surface area contributed by atoms with Crippen LogP contribution in [0, 0.1) is 11.8 Å². The highest BCUT2D eigenvalue weighted by Crippen LogP contribution is 2.34. The van der Waals surface area contributed by atoms with Gasteiger partial charge in [0.1, 0.15) is 0 Å². The maximum atomic E-state index is 5.72. The molecule has 1 atom stereocenters. The van der Waals surface area contributed by atoms with Crippen LogP contribution in [0.2, 0.25) is 0 Å². The van der Waals surface area contributed by atoms with Crippen LogP contribution < -0.4 is 5.73 Å². The van der Waals surface area contributed by atoms with Crippen molar-refractivity contribution in [3.8, 4) is 0 Å². The van der Waals surface area contributed by atoms with Crippen molar-refractivity contribution >= 4 is 0 Å². The molecule has 90 valence electrons. The van der Waals surface area contributed by atoms with Crippen LogP contribution in [0.4, 0.5) is 0 Å². The number of nitrogens with two attached hydrogens (primary N) is 1. The highest BCUT2D eigenvalue weighted by atomic mass is 15.4. The second-order valence-electron chi connectivity index (χ2n) is 5.26. The van der Waals surface area contributed by atoms with Crippen molar-refractivity contribution in [1.82, 2.24) is 15.0 Å². The first-order valence-electron chi connectivity index (χ1n) is 6.26. The number of hydrogen-bond acceptors (Lipinski definition) is 3. The van der Waals surface area contributed by atoms with Crippen molar-refractivity contribution in [3.05, 3.63) is 11.4 Å². The van der Waals surface area contributed by atoms with Gasteiger partial charge in [-0.2, -0.15) is 0 Å². The van der Waals surface area contributed by atoms with Crippen molar-refractivity contribution < 1.29 is 0 Å². The molecule has 1 aliphatic carbocycles. The Hall–Kier alpha value is -0.900. The first kappa shape index (κ1) is 11.6. The molecule has 2 N–H and O–H groups in total. The molecular weight excluding hydrogens is 200 g/mol. The van der Waals surface area contributed by atoms with E-state index in [1.165, 1.54) is 18.5 Å². The van der Waals surface area contributed by atoms with Gasteiger partial charge in [0.05, 0.1) is 17.4 Å². The Bertz CT molecular complexity index is 352. The van der Waals surface area contributed by atoms with Gasteiger partial charge in [0.2, 0.25) is 0 Å². The Morgan fingerprint density at radius 2 is 2.06 bits per heavy atom. The van der Waals surface area contributed by atoms with Gasteiger partial charge in [-0.15, -0.1) is 5.10 Å². The second kappa shape index (κ2) is 4.53. The van der Waals surface area contributed by atoms with E-state index in [-0.39, 0.29) is 0 Å². The summed E-state index contributed by atoms with van der Waals surface area (Å²) in [7, 11) is 0. The number of aromatic nitrogens is 3. The van der Waals surface area contributed by atoms with E-state index >= 15 is 0 Å². The Morgan fingerprint density at radius 3 is 2.56 bits per heavy atom. The van der Waals surface area contributed by atoms with E-state index in [0.717, 1.165) is 18.0 Å². The van der Waals surface area contributed by atoms with Gasteiger partial charge in [0.15, 0.2) is 0 Å². The van der Waals surface area contributed by atoms with Gasteiger partial charge < -0.3 is 5.73 Å². The van der Waals surface area contributed by atoms with Gasteiger partial charge in [0.25, 0.3) is 0 Å². The van der Waals surface area contributed by atoms with Crippen LogP contribution in [0.3, 0.4) is 0 Å². The van der Waals surface area contributed by atoms with Crippen LogP contribution in [0.25, 0.3) is 0 Å². The molecular formula is C12H22N4. The third-order valence-corrected chi connectivity index (χ3v) is 3.59. The van der Waals surface area contributed by atoms with Gasteiger partial charge in [0, 0.05) is 6.54 Å². The van der Waals surface area contributed by atoms with Crippen LogP contribution in [-0.4, -0.2) is 15.0 Å². The fraction of sp³-hybridized carbons (Fsp3) is 0.833. The monoisotopic (exact) mass is 222 g/mol. The van der Waals surface area contributed by atoms with Crippen molar-refractivity contribution in [2.45, 2.75) is 52.6 Å². The summed E-state index contributed by atoms with van der Waals surface area (Å²) in [5, 5.41) is 8.48. The van der Waals surface area contributed by atoms with E-state index in [1.54, 1.807) is 0 Å². The first-order chi connectivity index (χ1) is 7.63. The zero-order valence-electron chi connectivity index (χ0n) is 10.5. The Labute approximate surface area is 97.2 Å². The summed E-state index contributed by atoms with van der Waals surface area (Å²) < 4.78 is 2.09. The van der Waals surface area contributed by atoms with E-state index < -0.39 is 0 Å². The van der Waals surface area contributed by atoms with Crippen LogP contribution in [0.1, 0.15) is 51.0 Å². The predicted octanol–water partition coefficient (Wildman–Crippen LogP) is 1.91. The van der Waals surface area contributed by atoms with Crippen molar-refractivity contribution in [2.24, 2.45) is 17.6 Å². The van der Waals surface area contributed by atoms with E-state index in [9.17, 15) is 0 Å². The molecule has 1 heterocycles. The molecule has 0 aromatic carbocycles. The molecule has 1 saturated carbocycles. The Kier molecular flexibility index (Phi) is 3.28. The molecule has 0 amide bonds. The molecule has 4 nitrogen and oxygen atoms in total. The minimum atomic E-state index is 0.404. The molecule has 1 aromatic heterocycles. The third kappa shape index (κ3) is 2.26. The van der Waals surface area contributed by atoms with Crippen LogP contribution in [-0.2, 0) is 13.0 Å². The van der Waals surface area contributed by atoms with Gasteiger partial charge in [-0.3, -0.25) is 0 Å². The van der Waals surface area contributed by atoms with E-state index in [4.69, 9.17) is 5.73 Å². The molecule has 16 heavy (non-hydrogen) atoms. The maximum absolute atomic E-state index is 5.72. The molecule has 1 unspecified atom stereocenters. The predicted molar refractivity (Wildman–Crippen MR) is 63.9 cm³/mol. The fourth-order valence-corrected chi connectivity index (χ4v) is 1.92. The standard InChI is InChI=1S/C12H22N4/c1-8(2)9(3)16-12(6-10-4-5-10)11(7-13)14-15-16/h8-10H,4-7,13H2,1-3H3. The molecule has 1 aromatic rings. The molecule has 0 bridgehead atoms. The third-order valence-electron chi connectivity index (χ3n) is 3.59. The van der Waals surface area contributed by atoms with Crippen LogP contribution in [0.15, 0.2) is 0 Å². The van der Waals surface area contributed by atoms with Gasteiger partial charge in [-0.25, -0.2) is 4.68 Å². The Balaban J connectivity index is 2.24. The minimum Gasteiger partial charge on any atom is -0.325 e. The zero-order valence-corrected chi connectivity index (χ0v) is 10.5. The lowest BCUT2D eigenvalue weighted by molar-refractivity contribution is 0.356. The fourth-order valence-electron chi connectivity index (χ4n) is 1.92. The average Bonchev–Trinajstić information content (AvgIpc) is 2.97. The van der Waals surface area contributed by atoms with Crippen molar-refractivity contribution in [1.29, 1.82) is 0 Å². The maximum Gasteiger partial charge on any atom is 0.0994 e. The molecule has 1 fully saturated rings. The summed E-state index contributed by atoms with van der Waals surface area (Å²) in [6.45, 7) is 7.15. The highest BCUT2D eigenvalue weighted by molar-refractivity contribution is 5.13. The summed E-state index contributed by atoms with van der Waals surface area (Å²) in [5.41, 5.74) is 7.98. The average molecular weight is 222 g/mol. The van der Waals surface area contributed by atoms with Gasteiger partial charge >= 0.3 is 0 Å². The van der Waals surface area contributed by atoms with E-state index in [0.29, 0.717) is 18.5 Å². The van der Waals surface area contributed by atoms with E-state index in [2.05, 4.69) is 35.8 Å². The smallest absolute Gasteiger partial charge is 0.0994 e. The molecule has 0 spiro atoms. The summed E-state index contributed by atoms with van der Waals surface area (Å²) in [4.78, 5) is 0. The normalized spacial score (nSPS) is 18.1. The van der Waals surface area contributed by atoms with E-state index in [1.807, 2.05) is 0 Å². The van der Waals surface area contributed by atoms with Crippen LogP contribution in [0.5, 0.6) is 0 Å². The lowest BCUT2D eigenvalue weighted by Gasteiger charge is -2.18. The minimum absolute atomic E-state index is 0.404. The SMILES string of the molecule is CC(C)C(C)n1nnc(CN)c1CC1CC1. The van der Waals surface area contributed by atoms with Crippen LogP contribution >= 0.6 is 0 Å². The zero-order chi connectivity index (χ0) is 11.7. The largest absolute Gasteiger partial charge is 0.325 e. The topological polar surface area (TPSA) is 56.7 Å². The number of rotatable bonds is 5. The molecule has 0 radical (unpaired) electrons.